The zero-order valence-electron chi connectivity index (χ0n) is 10.4. The summed E-state index contributed by atoms with van der Waals surface area (Å²) in [5.74, 6) is 0.309. The van der Waals surface area contributed by atoms with E-state index in [0.29, 0.717) is 5.88 Å². The molecule has 0 aliphatic heterocycles. The van der Waals surface area contributed by atoms with Gasteiger partial charge in [0.1, 0.15) is 5.60 Å². The Kier molecular flexibility index (Phi) is 4.82. The van der Waals surface area contributed by atoms with E-state index in [4.69, 9.17) is 16.3 Å². The number of benzene rings is 1. The van der Waals surface area contributed by atoms with Crippen LogP contribution in [0, 0.1) is 0 Å². The monoisotopic (exact) mass is 255 g/mol. The quantitative estimate of drug-likeness (QED) is 0.840. The van der Waals surface area contributed by atoms with Crippen LogP contribution in [0.25, 0.3) is 0 Å². The SMILES string of the molecule is CC(C)(C)OC(=O)N[C@@H](CCl)c1ccccc1. The average molecular weight is 256 g/mol. The molecule has 0 radical (unpaired) electrons. The minimum absolute atomic E-state index is 0.229. The fourth-order valence-electron chi connectivity index (χ4n) is 1.35. The van der Waals surface area contributed by atoms with Crippen LogP contribution in [-0.4, -0.2) is 17.6 Å². The van der Waals surface area contributed by atoms with E-state index in [1.807, 2.05) is 51.1 Å². The minimum atomic E-state index is -0.502. The predicted molar refractivity (Wildman–Crippen MR) is 69.3 cm³/mol. The van der Waals surface area contributed by atoms with Gasteiger partial charge in [-0.15, -0.1) is 11.6 Å². The summed E-state index contributed by atoms with van der Waals surface area (Å²) >= 11 is 5.85. The van der Waals surface area contributed by atoms with E-state index in [9.17, 15) is 4.79 Å². The van der Waals surface area contributed by atoms with E-state index < -0.39 is 11.7 Å². The fraction of sp³-hybridized carbons (Fsp3) is 0.462. The highest BCUT2D eigenvalue weighted by atomic mass is 35.5. The Morgan fingerprint density at radius 2 is 1.94 bits per heavy atom. The van der Waals surface area contributed by atoms with Crippen molar-refractivity contribution in [1.82, 2.24) is 5.32 Å². The Bertz CT molecular complexity index is 359. The third kappa shape index (κ3) is 5.09. The fourth-order valence-corrected chi connectivity index (χ4v) is 1.60. The van der Waals surface area contributed by atoms with Gasteiger partial charge >= 0.3 is 6.09 Å². The highest BCUT2D eigenvalue weighted by molar-refractivity contribution is 6.18. The number of alkyl halides is 1. The molecular formula is C13H18ClNO2. The van der Waals surface area contributed by atoms with Crippen molar-refractivity contribution in [3.8, 4) is 0 Å². The van der Waals surface area contributed by atoms with Crippen LogP contribution in [0.15, 0.2) is 30.3 Å². The largest absolute Gasteiger partial charge is 0.444 e. The van der Waals surface area contributed by atoms with E-state index in [1.54, 1.807) is 0 Å². The van der Waals surface area contributed by atoms with Crippen molar-refractivity contribution in [2.75, 3.05) is 5.88 Å². The number of ether oxygens (including phenoxy) is 1. The topological polar surface area (TPSA) is 38.3 Å². The first-order valence-electron chi connectivity index (χ1n) is 5.53. The molecule has 1 amide bonds. The number of halogens is 1. The summed E-state index contributed by atoms with van der Waals surface area (Å²) in [7, 11) is 0. The lowest BCUT2D eigenvalue weighted by atomic mass is 10.1. The molecule has 0 unspecified atom stereocenters. The van der Waals surface area contributed by atoms with Gasteiger partial charge in [-0.2, -0.15) is 0 Å². The van der Waals surface area contributed by atoms with Gasteiger partial charge in [0.15, 0.2) is 0 Å². The molecule has 1 atom stereocenters. The molecule has 1 aromatic carbocycles. The number of amides is 1. The smallest absolute Gasteiger partial charge is 0.408 e. The summed E-state index contributed by atoms with van der Waals surface area (Å²) in [6.45, 7) is 5.47. The van der Waals surface area contributed by atoms with Crippen LogP contribution in [0.3, 0.4) is 0 Å². The van der Waals surface area contributed by atoms with Crippen LogP contribution >= 0.6 is 11.6 Å². The third-order valence-corrected chi connectivity index (χ3v) is 2.36. The van der Waals surface area contributed by atoms with Gasteiger partial charge in [0.25, 0.3) is 0 Å². The van der Waals surface area contributed by atoms with Crippen molar-refractivity contribution >= 4 is 17.7 Å². The number of rotatable bonds is 3. The molecule has 0 saturated heterocycles. The van der Waals surface area contributed by atoms with Crippen LogP contribution in [-0.2, 0) is 4.74 Å². The second-order valence-electron chi connectivity index (χ2n) is 4.76. The Morgan fingerprint density at radius 1 is 1.35 bits per heavy atom. The summed E-state index contributed by atoms with van der Waals surface area (Å²) in [6.07, 6.45) is -0.452. The highest BCUT2D eigenvalue weighted by Crippen LogP contribution is 2.15. The van der Waals surface area contributed by atoms with Crippen molar-refractivity contribution in [3.63, 3.8) is 0 Å². The zero-order chi connectivity index (χ0) is 12.9. The van der Waals surface area contributed by atoms with Crippen molar-refractivity contribution in [2.24, 2.45) is 0 Å². The predicted octanol–water partition coefficient (Wildman–Crippen LogP) is 3.49. The van der Waals surface area contributed by atoms with Gasteiger partial charge in [0.05, 0.1) is 6.04 Å². The summed E-state index contributed by atoms with van der Waals surface area (Å²) in [5, 5.41) is 2.75. The maximum absolute atomic E-state index is 11.6. The molecule has 4 heteroatoms. The van der Waals surface area contributed by atoms with E-state index in [2.05, 4.69) is 5.32 Å². The molecule has 0 aliphatic carbocycles. The Labute approximate surface area is 107 Å². The molecule has 1 N–H and O–H groups in total. The van der Waals surface area contributed by atoms with Gasteiger partial charge in [-0.25, -0.2) is 4.79 Å². The average Bonchev–Trinajstić information content (AvgIpc) is 2.24. The van der Waals surface area contributed by atoms with Crippen molar-refractivity contribution < 1.29 is 9.53 Å². The van der Waals surface area contributed by atoms with Gasteiger partial charge in [-0.05, 0) is 26.3 Å². The van der Waals surface area contributed by atoms with Crippen LogP contribution < -0.4 is 5.32 Å². The lowest BCUT2D eigenvalue weighted by Crippen LogP contribution is -2.35. The number of carbonyl (C=O) groups is 1. The highest BCUT2D eigenvalue weighted by Gasteiger charge is 2.19. The normalized spacial score (nSPS) is 12.9. The van der Waals surface area contributed by atoms with Crippen molar-refractivity contribution in [1.29, 1.82) is 0 Å². The summed E-state index contributed by atoms with van der Waals surface area (Å²) in [5.41, 5.74) is 0.464. The molecule has 1 aromatic rings. The number of nitrogens with one attached hydrogen (secondary N) is 1. The van der Waals surface area contributed by atoms with Crippen molar-refractivity contribution in [3.05, 3.63) is 35.9 Å². The van der Waals surface area contributed by atoms with Gasteiger partial charge in [0.2, 0.25) is 0 Å². The zero-order valence-corrected chi connectivity index (χ0v) is 11.1. The van der Waals surface area contributed by atoms with E-state index in [1.165, 1.54) is 0 Å². The molecule has 0 spiro atoms. The first-order valence-corrected chi connectivity index (χ1v) is 6.06. The maximum atomic E-state index is 11.6. The van der Waals surface area contributed by atoms with Gasteiger partial charge in [-0.1, -0.05) is 30.3 Å². The van der Waals surface area contributed by atoms with Crippen LogP contribution in [0.2, 0.25) is 0 Å². The van der Waals surface area contributed by atoms with E-state index in [-0.39, 0.29) is 6.04 Å². The molecule has 0 aliphatic rings. The summed E-state index contributed by atoms with van der Waals surface area (Å²) in [6, 6.07) is 9.35. The minimum Gasteiger partial charge on any atom is -0.444 e. The number of carbonyl (C=O) groups excluding carboxylic acids is 1. The lowest BCUT2D eigenvalue weighted by molar-refractivity contribution is 0.0508. The maximum Gasteiger partial charge on any atom is 0.408 e. The summed E-state index contributed by atoms with van der Waals surface area (Å²) < 4.78 is 5.18. The Hall–Kier alpha value is -1.22. The van der Waals surface area contributed by atoms with Crippen LogP contribution in [0.1, 0.15) is 32.4 Å². The Morgan fingerprint density at radius 3 is 2.41 bits per heavy atom. The number of alkyl carbamates (subject to hydrolysis) is 1. The molecule has 0 heterocycles. The standard InChI is InChI=1S/C13H18ClNO2/c1-13(2,3)17-12(16)15-11(9-14)10-7-5-4-6-8-10/h4-8,11H,9H2,1-3H3,(H,15,16)/t11-/m0/s1. The van der Waals surface area contributed by atoms with E-state index in [0.717, 1.165) is 5.56 Å². The molecule has 0 aromatic heterocycles. The van der Waals surface area contributed by atoms with Gasteiger partial charge in [0, 0.05) is 5.88 Å². The molecule has 0 fully saturated rings. The lowest BCUT2D eigenvalue weighted by Gasteiger charge is -2.22. The third-order valence-electron chi connectivity index (χ3n) is 2.05. The molecular weight excluding hydrogens is 238 g/mol. The van der Waals surface area contributed by atoms with Crippen LogP contribution in [0.5, 0.6) is 0 Å². The number of hydrogen-bond donors (Lipinski definition) is 1. The first kappa shape index (κ1) is 13.8. The van der Waals surface area contributed by atoms with Crippen molar-refractivity contribution in [2.45, 2.75) is 32.4 Å². The molecule has 94 valence electrons. The van der Waals surface area contributed by atoms with E-state index >= 15 is 0 Å². The second-order valence-corrected chi connectivity index (χ2v) is 5.07. The first-order chi connectivity index (χ1) is 7.92. The molecule has 0 bridgehead atoms. The van der Waals surface area contributed by atoms with Crippen LogP contribution in [0.4, 0.5) is 4.79 Å². The molecule has 0 saturated carbocycles. The second kappa shape index (κ2) is 5.92. The molecule has 1 rings (SSSR count). The summed E-state index contributed by atoms with van der Waals surface area (Å²) in [4.78, 5) is 11.6. The molecule has 3 nitrogen and oxygen atoms in total. The van der Waals surface area contributed by atoms with Gasteiger partial charge < -0.3 is 10.1 Å². The van der Waals surface area contributed by atoms with Gasteiger partial charge in [-0.3, -0.25) is 0 Å². The Balaban J connectivity index is 2.62. The molecule has 17 heavy (non-hydrogen) atoms. The number of hydrogen-bond acceptors (Lipinski definition) is 2.